The van der Waals surface area contributed by atoms with Crippen molar-refractivity contribution >= 4 is 17.7 Å². The van der Waals surface area contributed by atoms with Crippen LogP contribution in [0, 0.1) is 0 Å². The summed E-state index contributed by atoms with van der Waals surface area (Å²) in [6.07, 6.45) is 3.50. The predicted octanol–water partition coefficient (Wildman–Crippen LogP) is 1.99. The monoisotopic (exact) mass is 162 g/mol. The Morgan fingerprint density at radius 1 is 1.70 bits per heavy atom. The van der Waals surface area contributed by atoms with Crippen LogP contribution in [0.5, 0.6) is 0 Å². The predicted molar refractivity (Wildman–Crippen MR) is 44.5 cm³/mol. The molecule has 0 heterocycles. The Morgan fingerprint density at radius 2 is 2.20 bits per heavy atom. The van der Waals surface area contributed by atoms with Gasteiger partial charge in [-0.2, -0.15) is 0 Å². The van der Waals surface area contributed by atoms with Crippen LogP contribution in [0.15, 0.2) is 0 Å². The topological polar surface area (TPSA) is 37.3 Å². The highest BCUT2D eigenvalue weighted by Crippen LogP contribution is 2.27. The average Bonchev–Trinajstić information content (AvgIpc) is 1.88. The molecule has 0 aromatic carbocycles. The molecule has 0 aromatic heterocycles. The molecular formula is C7H14O2S. The molecular weight excluding hydrogens is 148 g/mol. The SMILES string of the molecule is CCCC(C)(SC)C(=O)O. The number of rotatable bonds is 4. The highest BCUT2D eigenvalue weighted by molar-refractivity contribution is 8.00. The van der Waals surface area contributed by atoms with E-state index in [4.69, 9.17) is 5.11 Å². The summed E-state index contributed by atoms with van der Waals surface area (Å²) >= 11 is 1.41. The summed E-state index contributed by atoms with van der Waals surface area (Å²) in [7, 11) is 0. The van der Waals surface area contributed by atoms with Crippen LogP contribution in [0.1, 0.15) is 26.7 Å². The standard InChI is InChI=1S/C7H14O2S/c1-4-5-7(2,10-3)6(8)9/h4-5H2,1-3H3,(H,8,9). The van der Waals surface area contributed by atoms with Crippen molar-refractivity contribution in [2.24, 2.45) is 0 Å². The number of hydrogen-bond donors (Lipinski definition) is 1. The third kappa shape index (κ3) is 2.21. The third-order valence-electron chi connectivity index (χ3n) is 1.63. The van der Waals surface area contributed by atoms with E-state index in [-0.39, 0.29) is 0 Å². The minimum Gasteiger partial charge on any atom is -0.480 e. The second kappa shape index (κ2) is 3.86. The van der Waals surface area contributed by atoms with Crippen molar-refractivity contribution in [3.63, 3.8) is 0 Å². The summed E-state index contributed by atoms with van der Waals surface area (Å²) in [5.74, 6) is -0.707. The minimum absolute atomic E-state index is 0.575. The lowest BCUT2D eigenvalue weighted by Crippen LogP contribution is -2.30. The molecule has 0 bridgehead atoms. The maximum Gasteiger partial charge on any atom is 0.319 e. The molecule has 0 aromatic rings. The van der Waals surface area contributed by atoms with Crippen LogP contribution in [-0.2, 0) is 4.79 Å². The molecule has 0 aliphatic carbocycles. The molecule has 0 rings (SSSR count). The molecule has 0 saturated heterocycles. The summed E-state index contributed by atoms with van der Waals surface area (Å²) in [4.78, 5) is 10.6. The van der Waals surface area contributed by atoms with E-state index >= 15 is 0 Å². The van der Waals surface area contributed by atoms with Gasteiger partial charge in [0.1, 0.15) is 4.75 Å². The van der Waals surface area contributed by atoms with Gasteiger partial charge in [-0.05, 0) is 19.6 Å². The molecule has 0 spiro atoms. The molecule has 0 radical (unpaired) electrons. The number of carboxylic acid groups (broad SMARTS) is 1. The van der Waals surface area contributed by atoms with Crippen LogP contribution >= 0.6 is 11.8 Å². The van der Waals surface area contributed by atoms with E-state index in [1.54, 1.807) is 6.92 Å². The van der Waals surface area contributed by atoms with Crippen molar-refractivity contribution in [3.8, 4) is 0 Å². The van der Waals surface area contributed by atoms with Gasteiger partial charge in [-0.15, -0.1) is 11.8 Å². The Kier molecular flexibility index (Phi) is 3.79. The molecule has 0 amide bonds. The summed E-state index contributed by atoms with van der Waals surface area (Å²) in [6, 6.07) is 0. The molecule has 3 heteroatoms. The summed E-state index contributed by atoms with van der Waals surface area (Å²) < 4.78 is -0.575. The molecule has 0 fully saturated rings. The van der Waals surface area contributed by atoms with Gasteiger partial charge in [0.2, 0.25) is 0 Å². The van der Waals surface area contributed by atoms with Gasteiger partial charge in [-0.1, -0.05) is 13.3 Å². The Labute approximate surface area is 66.0 Å². The fourth-order valence-electron chi connectivity index (χ4n) is 0.773. The Morgan fingerprint density at radius 3 is 2.30 bits per heavy atom. The van der Waals surface area contributed by atoms with Gasteiger partial charge in [0.05, 0.1) is 0 Å². The first-order valence-electron chi connectivity index (χ1n) is 3.35. The molecule has 10 heavy (non-hydrogen) atoms. The van der Waals surface area contributed by atoms with Gasteiger partial charge in [-0.25, -0.2) is 0 Å². The number of carboxylic acids is 1. The molecule has 1 unspecified atom stereocenters. The quantitative estimate of drug-likeness (QED) is 0.687. The molecule has 0 aliphatic rings. The number of carbonyl (C=O) groups is 1. The van der Waals surface area contributed by atoms with Crippen molar-refractivity contribution in [2.75, 3.05) is 6.26 Å². The van der Waals surface area contributed by atoms with E-state index in [9.17, 15) is 4.79 Å². The Balaban J connectivity index is 4.08. The maximum absolute atomic E-state index is 10.6. The van der Waals surface area contributed by atoms with E-state index < -0.39 is 10.7 Å². The largest absolute Gasteiger partial charge is 0.480 e. The molecule has 60 valence electrons. The first-order valence-corrected chi connectivity index (χ1v) is 4.58. The summed E-state index contributed by atoms with van der Waals surface area (Å²) in [5.41, 5.74) is 0. The van der Waals surface area contributed by atoms with Crippen molar-refractivity contribution < 1.29 is 9.90 Å². The zero-order valence-corrected chi connectivity index (χ0v) is 7.49. The van der Waals surface area contributed by atoms with Gasteiger partial charge < -0.3 is 5.11 Å². The van der Waals surface area contributed by atoms with Gasteiger partial charge in [0, 0.05) is 0 Å². The molecule has 0 aliphatic heterocycles. The van der Waals surface area contributed by atoms with Crippen LogP contribution < -0.4 is 0 Å². The second-order valence-electron chi connectivity index (χ2n) is 2.49. The zero-order valence-electron chi connectivity index (χ0n) is 6.68. The van der Waals surface area contributed by atoms with Crippen LogP contribution in [0.4, 0.5) is 0 Å². The van der Waals surface area contributed by atoms with Gasteiger partial charge in [-0.3, -0.25) is 4.79 Å². The first kappa shape index (κ1) is 9.82. The fraction of sp³-hybridized carbons (Fsp3) is 0.857. The van der Waals surface area contributed by atoms with Crippen molar-refractivity contribution in [3.05, 3.63) is 0 Å². The van der Waals surface area contributed by atoms with Crippen LogP contribution in [0.3, 0.4) is 0 Å². The number of thioether (sulfide) groups is 1. The fourth-order valence-corrected chi connectivity index (χ4v) is 1.36. The lowest BCUT2D eigenvalue weighted by atomic mass is 10.1. The van der Waals surface area contributed by atoms with Crippen molar-refractivity contribution in [1.82, 2.24) is 0 Å². The van der Waals surface area contributed by atoms with Gasteiger partial charge in [0.15, 0.2) is 0 Å². The van der Waals surface area contributed by atoms with E-state index in [1.165, 1.54) is 11.8 Å². The van der Waals surface area contributed by atoms with Crippen LogP contribution in [-0.4, -0.2) is 22.1 Å². The third-order valence-corrected chi connectivity index (χ3v) is 2.91. The smallest absolute Gasteiger partial charge is 0.319 e. The van der Waals surface area contributed by atoms with Crippen molar-refractivity contribution in [2.45, 2.75) is 31.4 Å². The highest BCUT2D eigenvalue weighted by Gasteiger charge is 2.30. The zero-order chi connectivity index (χ0) is 8.20. The van der Waals surface area contributed by atoms with E-state index in [1.807, 2.05) is 13.2 Å². The lowest BCUT2D eigenvalue weighted by Gasteiger charge is -2.20. The molecule has 2 nitrogen and oxygen atoms in total. The van der Waals surface area contributed by atoms with Gasteiger partial charge >= 0.3 is 5.97 Å². The average molecular weight is 162 g/mol. The van der Waals surface area contributed by atoms with Gasteiger partial charge in [0.25, 0.3) is 0 Å². The lowest BCUT2D eigenvalue weighted by molar-refractivity contribution is -0.139. The molecule has 1 N–H and O–H groups in total. The summed E-state index contributed by atoms with van der Waals surface area (Å²) in [5, 5.41) is 8.74. The van der Waals surface area contributed by atoms with Crippen LogP contribution in [0.25, 0.3) is 0 Å². The van der Waals surface area contributed by atoms with Crippen molar-refractivity contribution in [1.29, 1.82) is 0 Å². The van der Waals surface area contributed by atoms with E-state index in [2.05, 4.69) is 0 Å². The molecule has 0 saturated carbocycles. The Hall–Kier alpha value is -0.180. The maximum atomic E-state index is 10.6. The Bertz CT molecular complexity index is 125. The highest BCUT2D eigenvalue weighted by atomic mass is 32.2. The minimum atomic E-state index is -0.707. The number of hydrogen-bond acceptors (Lipinski definition) is 2. The van der Waals surface area contributed by atoms with E-state index in [0.29, 0.717) is 0 Å². The normalized spacial score (nSPS) is 16.3. The molecule has 1 atom stereocenters. The summed E-state index contributed by atoms with van der Waals surface area (Å²) in [6.45, 7) is 3.76. The second-order valence-corrected chi connectivity index (χ2v) is 3.80. The first-order chi connectivity index (χ1) is 4.56. The number of aliphatic carboxylic acids is 1. The van der Waals surface area contributed by atoms with Crippen LogP contribution in [0.2, 0.25) is 0 Å². The van der Waals surface area contributed by atoms with E-state index in [0.717, 1.165) is 12.8 Å².